The number of furan rings is 1. The molecule has 44 heavy (non-hydrogen) atoms. The van der Waals surface area contributed by atoms with Crippen molar-refractivity contribution >= 4 is 21.9 Å². The second-order valence-electron chi connectivity index (χ2n) is 11.2. The van der Waals surface area contributed by atoms with Gasteiger partial charge in [0.1, 0.15) is 16.6 Å². The van der Waals surface area contributed by atoms with Gasteiger partial charge in [0, 0.05) is 21.9 Å². The summed E-state index contributed by atoms with van der Waals surface area (Å²) in [6.07, 6.45) is 0. The Balaban J connectivity index is 1.38. The number of rotatable bonds is 4. The van der Waals surface area contributed by atoms with Crippen molar-refractivity contribution < 1.29 is 4.42 Å². The van der Waals surface area contributed by atoms with Gasteiger partial charge in [0.25, 0.3) is 0 Å². The Morgan fingerprint density at radius 3 is 1.73 bits per heavy atom. The van der Waals surface area contributed by atoms with Gasteiger partial charge < -0.3 is 4.42 Å². The highest BCUT2D eigenvalue weighted by molar-refractivity contribution is 6.06. The molecule has 0 unspecified atom stereocenters. The zero-order valence-electron chi connectivity index (χ0n) is 23.7. The Morgan fingerprint density at radius 2 is 1.00 bits per heavy atom. The van der Waals surface area contributed by atoms with Crippen LogP contribution in [0.1, 0.15) is 22.5 Å². The van der Waals surface area contributed by atoms with Crippen LogP contribution in [-0.4, -0.2) is 15.0 Å². The average molecular weight is 564 g/mol. The molecule has 0 amide bonds. The molecular weight excluding hydrogens is 538 g/mol. The number of para-hydroxylation sites is 1. The fourth-order valence-corrected chi connectivity index (χ4v) is 6.86. The lowest BCUT2D eigenvalue weighted by Gasteiger charge is -2.31. The van der Waals surface area contributed by atoms with E-state index in [0.29, 0.717) is 17.5 Å². The van der Waals surface area contributed by atoms with Crippen molar-refractivity contribution in [2.75, 3.05) is 0 Å². The Labute approximate surface area is 254 Å². The number of aromatic nitrogens is 3. The summed E-state index contributed by atoms with van der Waals surface area (Å²) < 4.78 is 6.14. The van der Waals surface area contributed by atoms with Gasteiger partial charge in [0.15, 0.2) is 17.5 Å². The van der Waals surface area contributed by atoms with Gasteiger partial charge in [-0.2, -0.15) is 0 Å². The van der Waals surface area contributed by atoms with Crippen LogP contribution in [-0.2, 0) is 5.41 Å². The molecule has 0 bridgehead atoms. The average Bonchev–Trinajstić information content (AvgIpc) is 3.62. The molecule has 2 aromatic heterocycles. The molecule has 8 aromatic rings. The Kier molecular flexibility index (Phi) is 5.38. The highest BCUT2D eigenvalue weighted by Gasteiger charge is 2.48. The van der Waals surface area contributed by atoms with E-state index in [4.69, 9.17) is 19.4 Å². The van der Waals surface area contributed by atoms with Gasteiger partial charge in [0.2, 0.25) is 0 Å². The zero-order valence-corrected chi connectivity index (χ0v) is 23.7. The van der Waals surface area contributed by atoms with E-state index >= 15 is 0 Å². The van der Waals surface area contributed by atoms with Crippen LogP contribution in [0.4, 0.5) is 0 Å². The molecule has 2 heterocycles. The molecule has 0 atom stereocenters. The molecular formula is C40H25N3O. The van der Waals surface area contributed by atoms with E-state index in [1.807, 2.05) is 48.5 Å². The van der Waals surface area contributed by atoms with Crippen LogP contribution in [0.5, 0.6) is 0 Å². The van der Waals surface area contributed by atoms with Crippen molar-refractivity contribution in [1.82, 2.24) is 15.0 Å². The van der Waals surface area contributed by atoms with Crippen molar-refractivity contribution in [1.29, 1.82) is 0 Å². The van der Waals surface area contributed by atoms with E-state index in [1.54, 1.807) is 0 Å². The van der Waals surface area contributed by atoms with E-state index in [2.05, 4.69) is 103 Å². The number of fused-ring (bicyclic) bond motifs is 6. The summed E-state index contributed by atoms with van der Waals surface area (Å²) in [6, 6.07) is 52.4. The molecule has 9 rings (SSSR count). The van der Waals surface area contributed by atoms with E-state index < -0.39 is 5.41 Å². The minimum atomic E-state index is -0.734. The number of hydrogen-bond acceptors (Lipinski definition) is 4. The first-order valence-electron chi connectivity index (χ1n) is 14.8. The van der Waals surface area contributed by atoms with Crippen LogP contribution in [0.3, 0.4) is 0 Å². The summed E-state index contributed by atoms with van der Waals surface area (Å²) in [5, 5.41) is 2.11. The van der Waals surface area contributed by atoms with Crippen LogP contribution in [0.15, 0.2) is 156 Å². The van der Waals surface area contributed by atoms with Crippen molar-refractivity contribution in [2.45, 2.75) is 5.41 Å². The first-order chi connectivity index (χ1) is 21.8. The topological polar surface area (TPSA) is 51.8 Å². The number of hydrogen-bond donors (Lipinski definition) is 0. The third-order valence-corrected chi connectivity index (χ3v) is 8.80. The minimum Gasteiger partial charge on any atom is -0.456 e. The van der Waals surface area contributed by atoms with E-state index in [-0.39, 0.29) is 0 Å². The Morgan fingerprint density at radius 1 is 0.432 bits per heavy atom. The predicted octanol–water partition coefficient (Wildman–Crippen LogP) is 9.47. The van der Waals surface area contributed by atoms with Gasteiger partial charge in [-0.05, 0) is 52.1 Å². The molecule has 1 aliphatic carbocycles. The molecule has 0 fully saturated rings. The van der Waals surface area contributed by atoms with Crippen molar-refractivity contribution in [3.8, 4) is 33.9 Å². The highest BCUT2D eigenvalue weighted by Crippen LogP contribution is 2.55. The molecule has 0 saturated heterocycles. The largest absolute Gasteiger partial charge is 0.456 e. The Bertz CT molecular complexity index is 2300. The van der Waals surface area contributed by atoms with Gasteiger partial charge in [0.05, 0.1) is 0 Å². The first-order valence-corrected chi connectivity index (χ1v) is 14.8. The smallest absolute Gasteiger partial charge is 0.163 e. The van der Waals surface area contributed by atoms with Gasteiger partial charge in [-0.1, -0.05) is 127 Å². The van der Waals surface area contributed by atoms with E-state index in [1.165, 1.54) is 22.3 Å². The highest BCUT2D eigenvalue weighted by atomic mass is 16.3. The first kappa shape index (κ1) is 24.7. The summed E-state index contributed by atoms with van der Waals surface area (Å²) in [6.45, 7) is 0. The third-order valence-electron chi connectivity index (χ3n) is 8.80. The van der Waals surface area contributed by atoms with Gasteiger partial charge in [-0.25, -0.2) is 15.0 Å². The third kappa shape index (κ3) is 3.55. The lowest BCUT2D eigenvalue weighted by Crippen LogP contribution is -2.31. The second-order valence-corrected chi connectivity index (χ2v) is 11.2. The van der Waals surface area contributed by atoms with Crippen molar-refractivity contribution in [3.05, 3.63) is 174 Å². The molecule has 4 heteroatoms. The predicted molar refractivity (Wildman–Crippen MR) is 175 cm³/mol. The zero-order chi connectivity index (χ0) is 29.1. The maximum Gasteiger partial charge on any atom is 0.163 e. The maximum absolute atomic E-state index is 6.14. The number of benzene rings is 6. The van der Waals surface area contributed by atoms with Crippen molar-refractivity contribution in [3.63, 3.8) is 0 Å². The lowest BCUT2D eigenvalue weighted by atomic mass is 9.71. The Hall–Kier alpha value is -5.87. The molecule has 6 aromatic carbocycles. The molecule has 0 N–H and O–H groups in total. The van der Waals surface area contributed by atoms with Crippen LogP contribution in [0.25, 0.3) is 55.8 Å². The van der Waals surface area contributed by atoms with Gasteiger partial charge in [-0.15, -0.1) is 0 Å². The monoisotopic (exact) mass is 563 g/mol. The van der Waals surface area contributed by atoms with Crippen LogP contribution in [0, 0.1) is 0 Å². The molecule has 0 saturated carbocycles. The summed E-state index contributed by atoms with van der Waals surface area (Å²) in [7, 11) is 0. The summed E-state index contributed by atoms with van der Waals surface area (Å²) >= 11 is 0. The fraction of sp³-hybridized carbons (Fsp3) is 0.0250. The normalized spacial score (nSPS) is 13.2. The maximum atomic E-state index is 6.14. The molecule has 0 spiro atoms. The summed E-state index contributed by atoms with van der Waals surface area (Å²) in [5.74, 6) is 1.96. The molecule has 206 valence electrons. The quantitative estimate of drug-likeness (QED) is 0.214. The SMILES string of the molecule is c1ccc(-c2nc(-c3ccc4oc5ccccc5c4c3)nc(C3(c4ccccc4)c4ccccc4-c4ccccc43)n2)cc1. The van der Waals surface area contributed by atoms with Gasteiger partial charge >= 0.3 is 0 Å². The second kappa shape index (κ2) is 9.58. The van der Waals surface area contributed by atoms with E-state index in [9.17, 15) is 0 Å². The molecule has 0 radical (unpaired) electrons. The fourth-order valence-electron chi connectivity index (χ4n) is 6.86. The standard InChI is InChI=1S/C40H25N3O/c1-3-13-26(14-4-1)37-41-38(27-23-24-36-32(25-27)31-19-9-12-22-35(31)44-36)43-39(42-37)40(28-15-5-2-6-16-28)33-20-10-7-17-29(33)30-18-8-11-21-34(30)40/h1-25H. The summed E-state index contributed by atoms with van der Waals surface area (Å²) in [5.41, 5.74) is 8.66. The molecule has 0 aliphatic heterocycles. The van der Waals surface area contributed by atoms with Crippen LogP contribution >= 0.6 is 0 Å². The molecule has 4 nitrogen and oxygen atoms in total. The number of nitrogens with zero attached hydrogens (tertiary/aromatic N) is 3. The lowest BCUT2D eigenvalue weighted by molar-refractivity contribution is 0.669. The van der Waals surface area contributed by atoms with Gasteiger partial charge in [-0.3, -0.25) is 0 Å². The van der Waals surface area contributed by atoms with Crippen molar-refractivity contribution in [2.24, 2.45) is 0 Å². The van der Waals surface area contributed by atoms with Crippen LogP contribution in [0.2, 0.25) is 0 Å². The summed E-state index contributed by atoms with van der Waals surface area (Å²) in [4.78, 5) is 15.8. The molecule has 1 aliphatic rings. The van der Waals surface area contributed by atoms with Crippen LogP contribution < -0.4 is 0 Å². The van der Waals surface area contributed by atoms with E-state index in [0.717, 1.165) is 38.6 Å². The minimum absolute atomic E-state index is 0.623.